The van der Waals surface area contributed by atoms with Gasteiger partial charge in [-0.2, -0.15) is 0 Å². The van der Waals surface area contributed by atoms with Crippen LogP contribution in [0.2, 0.25) is 0 Å². The van der Waals surface area contributed by atoms with Crippen molar-refractivity contribution >= 4 is 11.9 Å². The maximum atomic E-state index is 11.6. The van der Waals surface area contributed by atoms with Crippen LogP contribution in [0.1, 0.15) is 18.9 Å². The number of rotatable bonds is 6. The average molecular weight is 267 g/mol. The van der Waals surface area contributed by atoms with Crippen molar-refractivity contribution in [2.24, 2.45) is 0 Å². The van der Waals surface area contributed by atoms with Gasteiger partial charge in [0.1, 0.15) is 5.75 Å². The largest absolute Gasteiger partial charge is 0.508 e. The van der Waals surface area contributed by atoms with E-state index in [-0.39, 0.29) is 12.2 Å². The Balaban J connectivity index is 2.52. The van der Waals surface area contributed by atoms with Crippen LogP contribution in [-0.2, 0) is 16.0 Å². The normalized spacial score (nSPS) is 13.6. The summed E-state index contributed by atoms with van der Waals surface area (Å²) in [5.41, 5.74) is 0.613. The molecule has 0 aliphatic carbocycles. The number of aliphatic hydroxyl groups is 1. The lowest BCUT2D eigenvalue weighted by Gasteiger charge is -2.17. The third-order valence-corrected chi connectivity index (χ3v) is 2.68. The van der Waals surface area contributed by atoms with Crippen molar-refractivity contribution in [3.8, 4) is 5.75 Å². The fourth-order valence-electron chi connectivity index (χ4n) is 1.60. The number of hydrogen-bond donors (Lipinski definition) is 4. The van der Waals surface area contributed by atoms with Gasteiger partial charge >= 0.3 is 5.97 Å². The first-order chi connectivity index (χ1) is 8.91. The molecular weight excluding hydrogens is 250 g/mol. The molecule has 2 unspecified atom stereocenters. The Morgan fingerprint density at radius 1 is 1.32 bits per heavy atom. The number of carboxylic acid groups (broad SMARTS) is 1. The standard InChI is InChI=1S/C13H17NO5/c1-8(15)12(13(18)19)14-11(17)7-6-9-4-2-3-5-10(9)16/h2-5,8,12,15-16H,6-7H2,1H3,(H,14,17)(H,18,19). The number of phenolic OH excluding ortho intramolecular Hbond substituents is 1. The van der Waals surface area contributed by atoms with E-state index in [9.17, 15) is 19.8 Å². The Hall–Kier alpha value is -2.08. The zero-order valence-corrected chi connectivity index (χ0v) is 10.5. The molecule has 0 aromatic heterocycles. The summed E-state index contributed by atoms with van der Waals surface area (Å²) < 4.78 is 0. The highest BCUT2D eigenvalue weighted by molar-refractivity contribution is 5.84. The van der Waals surface area contributed by atoms with Crippen LogP contribution >= 0.6 is 0 Å². The molecule has 4 N–H and O–H groups in total. The van der Waals surface area contributed by atoms with Gasteiger partial charge in [-0.15, -0.1) is 0 Å². The molecule has 0 aliphatic rings. The van der Waals surface area contributed by atoms with E-state index >= 15 is 0 Å². The SMILES string of the molecule is CC(O)C(NC(=O)CCc1ccccc1O)C(=O)O. The van der Waals surface area contributed by atoms with Crippen molar-refractivity contribution in [1.82, 2.24) is 5.32 Å². The van der Waals surface area contributed by atoms with Crippen LogP contribution in [0, 0.1) is 0 Å². The Morgan fingerprint density at radius 3 is 2.47 bits per heavy atom. The zero-order chi connectivity index (χ0) is 14.4. The van der Waals surface area contributed by atoms with E-state index in [4.69, 9.17) is 5.11 Å². The number of phenols is 1. The van der Waals surface area contributed by atoms with Crippen molar-refractivity contribution in [3.05, 3.63) is 29.8 Å². The molecule has 1 aromatic rings. The highest BCUT2D eigenvalue weighted by atomic mass is 16.4. The topological polar surface area (TPSA) is 107 Å². The Morgan fingerprint density at radius 2 is 1.95 bits per heavy atom. The van der Waals surface area contributed by atoms with Crippen LogP contribution in [-0.4, -0.2) is 39.3 Å². The molecule has 0 fully saturated rings. The summed E-state index contributed by atoms with van der Waals surface area (Å²) in [6.45, 7) is 1.29. The molecule has 1 rings (SSSR count). The maximum absolute atomic E-state index is 11.6. The van der Waals surface area contributed by atoms with Crippen molar-refractivity contribution < 1.29 is 24.9 Å². The van der Waals surface area contributed by atoms with Crippen molar-refractivity contribution in [1.29, 1.82) is 0 Å². The van der Waals surface area contributed by atoms with Crippen molar-refractivity contribution in [2.75, 3.05) is 0 Å². The number of aromatic hydroxyl groups is 1. The van der Waals surface area contributed by atoms with E-state index in [1.807, 2.05) is 0 Å². The molecular formula is C13H17NO5. The molecule has 0 radical (unpaired) electrons. The van der Waals surface area contributed by atoms with E-state index in [0.717, 1.165) is 0 Å². The second-order valence-electron chi connectivity index (χ2n) is 4.25. The average Bonchev–Trinajstić information content (AvgIpc) is 2.34. The minimum Gasteiger partial charge on any atom is -0.508 e. The first-order valence-electron chi connectivity index (χ1n) is 5.89. The molecule has 6 nitrogen and oxygen atoms in total. The van der Waals surface area contributed by atoms with Gasteiger partial charge in [0.2, 0.25) is 5.91 Å². The number of amides is 1. The van der Waals surface area contributed by atoms with E-state index in [2.05, 4.69) is 5.32 Å². The third-order valence-electron chi connectivity index (χ3n) is 2.68. The monoisotopic (exact) mass is 267 g/mol. The number of carboxylic acids is 1. The van der Waals surface area contributed by atoms with Gasteiger partial charge < -0.3 is 20.6 Å². The van der Waals surface area contributed by atoms with Gasteiger partial charge in [-0.05, 0) is 25.0 Å². The number of benzene rings is 1. The molecule has 0 bridgehead atoms. The lowest BCUT2D eigenvalue weighted by Crippen LogP contribution is -2.47. The fourth-order valence-corrected chi connectivity index (χ4v) is 1.60. The van der Waals surface area contributed by atoms with Gasteiger partial charge in [0.25, 0.3) is 0 Å². The zero-order valence-electron chi connectivity index (χ0n) is 10.5. The number of carbonyl (C=O) groups excluding carboxylic acids is 1. The number of nitrogens with one attached hydrogen (secondary N) is 1. The van der Waals surface area contributed by atoms with Crippen LogP contribution in [0.5, 0.6) is 5.75 Å². The van der Waals surface area contributed by atoms with Gasteiger partial charge in [-0.1, -0.05) is 18.2 Å². The summed E-state index contributed by atoms with van der Waals surface area (Å²) in [5, 5.41) is 29.8. The van der Waals surface area contributed by atoms with Gasteiger partial charge in [0.05, 0.1) is 6.10 Å². The summed E-state index contributed by atoms with van der Waals surface area (Å²) in [4.78, 5) is 22.4. The molecule has 6 heteroatoms. The van der Waals surface area contributed by atoms with E-state index in [1.165, 1.54) is 13.0 Å². The van der Waals surface area contributed by atoms with E-state index < -0.39 is 24.0 Å². The molecule has 1 aromatic carbocycles. The molecule has 0 saturated carbocycles. The van der Waals surface area contributed by atoms with Gasteiger partial charge in [-0.3, -0.25) is 4.79 Å². The fraction of sp³-hybridized carbons (Fsp3) is 0.385. The van der Waals surface area contributed by atoms with Crippen LogP contribution in [0.15, 0.2) is 24.3 Å². The minimum absolute atomic E-state index is 0.0358. The number of aryl methyl sites for hydroxylation is 1. The molecule has 19 heavy (non-hydrogen) atoms. The van der Waals surface area contributed by atoms with E-state index in [1.54, 1.807) is 18.2 Å². The highest BCUT2D eigenvalue weighted by Gasteiger charge is 2.24. The highest BCUT2D eigenvalue weighted by Crippen LogP contribution is 2.17. The summed E-state index contributed by atoms with van der Waals surface area (Å²) in [5.74, 6) is -1.68. The Bertz CT molecular complexity index is 458. The van der Waals surface area contributed by atoms with Crippen LogP contribution in [0.4, 0.5) is 0 Å². The maximum Gasteiger partial charge on any atom is 0.328 e. The second kappa shape index (κ2) is 6.75. The summed E-state index contributed by atoms with van der Waals surface area (Å²) in [6, 6.07) is 5.29. The second-order valence-corrected chi connectivity index (χ2v) is 4.25. The van der Waals surface area contributed by atoms with Crippen molar-refractivity contribution in [2.45, 2.75) is 31.9 Å². The summed E-state index contributed by atoms with van der Waals surface area (Å²) in [7, 11) is 0. The summed E-state index contributed by atoms with van der Waals surface area (Å²) in [6.07, 6.45) is -0.842. The molecule has 0 heterocycles. The first-order valence-corrected chi connectivity index (χ1v) is 5.89. The predicted octanol–water partition coefficient (Wildman–Crippen LogP) is 0.275. The number of aliphatic carboxylic acids is 1. The molecule has 0 aliphatic heterocycles. The molecule has 0 saturated heterocycles. The first kappa shape index (κ1) is 15.0. The predicted molar refractivity (Wildman–Crippen MR) is 67.7 cm³/mol. The van der Waals surface area contributed by atoms with Gasteiger partial charge in [0.15, 0.2) is 6.04 Å². The van der Waals surface area contributed by atoms with Crippen LogP contribution in [0.25, 0.3) is 0 Å². The van der Waals surface area contributed by atoms with Gasteiger partial charge in [-0.25, -0.2) is 4.79 Å². The quantitative estimate of drug-likeness (QED) is 0.592. The van der Waals surface area contributed by atoms with Gasteiger partial charge in [0, 0.05) is 6.42 Å². The lowest BCUT2D eigenvalue weighted by molar-refractivity contribution is -0.144. The third kappa shape index (κ3) is 4.59. The number of carbonyl (C=O) groups is 2. The smallest absolute Gasteiger partial charge is 0.328 e. The molecule has 104 valence electrons. The number of para-hydroxylation sites is 1. The minimum atomic E-state index is -1.32. The summed E-state index contributed by atoms with van der Waals surface area (Å²) >= 11 is 0. The number of hydrogen-bond acceptors (Lipinski definition) is 4. The van der Waals surface area contributed by atoms with Crippen LogP contribution < -0.4 is 5.32 Å². The van der Waals surface area contributed by atoms with Crippen LogP contribution in [0.3, 0.4) is 0 Å². The van der Waals surface area contributed by atoms with E-state index in [0.29, 0.717) is 12.0 Å². The molecule has 2 atom stereocenters. The lowest BCUT2D eigenvalue weighted by atomic mass is 10.1. The van der Waals surface area contributed by atoms with Crippen molar-refractivity contribution in [3.63, 3.8) is 0 Å². The number of aliphatic hydroxyl groups excluding tert-OH is 1. The Kier molecular flexibility index (Phi) is 5.32. The Labute approximate surface area is 110 Å². The molecule has 0 spiro atoms. The molecule has 1 amide bonds.